The summed E-state index contributed by atoms with van der Waals surface area (Å²) < 4.78 is 0. The quantitative estimate of drug-likeness (QED) is 0.939. The van der Waals surface area contributed by atoms with Crippen LogP contribution in [0.3, 0.4) is 0 Å². The van der Waals surface area contributed by atoms with E-state index in [9.17, 15) is 0 Å². The van der Waals surface area contributed by atoms with Crippen LogP contribution in [-0.2, 0) is 12.8 Å². The van der Waals surface area contributed by atoms with Crippen LogP contribution >= 0.6 is 11.3 Å². The second-order valence-electron chi connectivity index (χ2n) is 6.08. The molecule has 2 atom stereocenters. The van der Waals surface area contributed by atoms with Gasteiger partial charge in [0.1, 0.15) is 0 Å². The highest BCUT2D eigenvalue weighted by Gasteiger charge is 2.27. The van der Waals surface area contributed by atoms with Gasteiger partial charge >= 0.3 is 0 Å². The van der Waals surface area contributed by atoms with Crippen LogP contribution in [0.2, 0.25) is 0 Å². The Hall–Kier alpha value is -1.16. The van der Waals surface area contributed by atoms with E-state index in [2.05, 4.69) is 54.5 Å². The second kappa shape index (κ2) is 6.30. The summed E-state index contributed by atoms with van der Waals surface area (Å²) in [6, 6.07) is 11.6. The zero-order valence-electron chi connectivity index (χ0n) is 12.9. The van der Waals surface area contributed by atoms with Gasteiger partial charge in [0, 0.05) is 24.0 Å². The van der Waals surface area contributed by atoms with Crippen molar-refractivity contribution in [2.75, 3.05) is 13.1 Å². The minimum Gasteiger partial charge on any atom is -0.326 e. The lowest BCUT2D eigenvalue weighted by Crippen LogP contribution is -2.40. The third-order valence-corrected chi connectivity index (χ3v) is 5.61. The molecular weight excluding hydrogens is 276 g/mol. The molecule has 0 fully saturated rings. The molecule has 3 heteroatoms. The van der Waals surface area contributed by atoms with Crippen molar-refractivity contribution in [3.05, 3.63) is 57.3 Å². The molecule has 21 heavy (non-hydrogen) atoms. The molecular formula is C18H24N2S. The largest absolute Gasteiger partial charge is 0.326 e. The molecule has 2 aromatic rings. The third kappa shape index (κ3) is 3.05. The summed E-state index contributed by atoms with van der Waals surface area (Å²) in [5, 5.41) is 2.19. The Kier molecular flexibility index (Phi) is 4.43. The first-order valence-electron chi connectivity index (χ1n) is 7.77. The summed E-state index contributed by atoms with van der Waals surface area (Å²) in [5.41, 5.74) is 10.7. The minimum atomic E-state index is 0.156. The molecule has 2 nitrogen and oxygen atoms in total. The van der Waals surface area contributed by atoms with Crippen LogP contribution in [0.1, 0.15) is 34.5 Å². The molecule has 2 N–H and O–H groups in total. The molecule has 0 aliphatic carbocycles. The van der Waals surface area contributed by atoms with E-state index in [1.54, 1.807) is 0 Å². The van der Waals surface area contributed by atoms with Crippen molar-refractivity contribution in [3.63, 3.8) is 0 Å². The number of hydrogen-bond donors (Lipinski definition) is 1. The van der Waals surface area contributed by atoms with Crippen LogP contribution in [-0.4, -0.2) is 24.0 Å². The summed E-state index contributed by atoms with van der Waals surface area (Å²) in [7, 11) is 0. The van der Waals surface area contributed by atoms with Gasteiger partial charge in [-0.2, -0.15) is 0 Å². The molecule has 2 unspecified atom stereocenters. The van der Waals surface area contributed by atoms with E-state index in [1.165, 1.54) is 21.6 Å². The maximum atomic E-state index is 6.35. The lowest BCUT2D eigenvalue weighted by atomic mass is 10.0. The summed E-state index contributed by atoms with van der Waals surface area (Å²) in [4.78, 5) is 4.03. The predicted molar refractivity (Wildman–Crippen MR) is 90.9 cm³/mol. The van der Waals surface area contributed by atoms with Gasteiger partial charge in [-0.1, -0.05) is 24.3 Å². The van der Waals surface area contributed by atoms with Crippen LogP contribution in [0.4, 0.5) is 0 Å². The molecule has 112 valence electrons. The number of nitrogens with zero attached hydrogens (tertiary/aromatic N) is 1. The summed E-state index contributed by atoms with van der Waals surface area (Å²) in [6.07, 6.45) is 2.26. The number of benzene rings is 1. The standard InChI is InChI=1S/C18H24N2S/c1-13-9-12-21-18(13)17(14(2)19)20-10-7-15-5-3-4-6-16(15)8-11-20/h3-6,9,12,14,17H,7-8,10-11,19H2,1-2H3. The highest BCUT2D eigenvalue weighted by atomic mass is 32.1. The van der Waals surface area contributed by atoms with Gasteiger partial charge in [0.25, 0.3) is 0 Å². The highest BCUT2D eigenvalue weighted by molar-refractivity contribution is 7.10. The van der Waals surface area contributed by atoms with E-state index in [0.717, 1.165) is 25.9 Å². The lowest BCUT2D eigenvalue weighted by molar-refractivity contribution is 0.187. The number of thiophene rings is 1. The molecule has 0 saturated heterocycles. The van der Waals surface area contributed by atoms with E-state index in [-0.39, 0.29) is 6.04 Å². The summed E-state index contributed by atoms with van der Waals surface area (Å²) in [6.45, 7) is 6.54. The molecule has 0 saturated carbocycles. The van der Waals surface area contributed by atoms with Gasteiger partial charge in [-0.15, -0.1) is 11.3 Å². The first-order chi connectivity index (χ1) is 10.2. The van der Waals surface area contributed by atoms with Crippen molar-refractivity contribution >= 4 is 11.3 Å². The van der Waals surface area contributed by atoms with Crippen LogP contribution in [0.5, 0.6) is 0 Å². The van der Waals surface area contributed by atoms with Crippen molar-refractivity contribution in [2.24, 2.45) is 5.73 Å². The zero-order valence-corrected chi connectivity index (χ0v) is 13.7. The SMILES string of the molecule is Cc1ccsc1C(C(C)N)N1CCc2ccccc2CC1. The fraction of sp³-hybridized carbons (Fsp3) is 0.444. The molecule has 1 aliphatic rings. The molecule has 0 radical (unpaired) electrons. The number of fused-ring (bicyclic) bond motifs is 1. The fourth-order valence-electron chi connectivity index (χ4n) is 3.39. The number of nitrogens with two attached hydrogens (primary N) is 1. The number of rotatable bonds is 3. The van der Waals surface area contributed by atoms with Gasteiger partial charge < -0.3 is 5.73 Å². The van der Waals surface area contributed by atoms with E-state index in [4.69, 9.17) is 5.73 Å². The minimum absolute atomic E-state index is 0.156. The van der Waals surface area contributed by atoms with Crippen LogP contribution < -0.4 is 5.73 Å². The maximum Gasteiger partial charge on any atom is 0.0593 e. The first kappa shape index (κ1) is 14.8. The molecule has 0 amide bonds. The van der Waals surface area contributed by atoms with Gasteiger partial charge in [-0.3, -0.25) is 4.90 Å². The molecule has 0 spiro atoms. The molecule has 2 heterocycles. The van der Waals surface area contributed by atoms with Crippen molar-refractivity contribution in [2.45, 2.75) is 38.8 Å². The topological polar surface area (TPSA) is 29.3 Å². The Labute approximate surface area is 131 Å². The Morgan fingerprint density at radius 1 is 1.10 bits per heavy atom. The molecule has 3 rings (SSSR count). The monoisotopic (exact) mass is 300 g/mol. The smallest absolute Gasteiger partial charge is 0.0593 e. The number of hydrogen-bond acceptors (Lipinski definition) is 3. The third-order valence-electron chi connectivity index (χ3n) is 4.52. The molecule has 1 aromatic carbocycles. The average molecular weight is 300 g/mol. The van der Waals surface area contributed by atoms with Gasteiger partial charge in [0.05, 0.1) is 6.04 Å². The number of aryl methyl sites for hydroxylation is 1. The van der Waals surface area contributed by atoms with Gasteiger partial charge in [0.15, 0.2) is 0 Å². The zero-order chi connectivity index (χ0) is 14.8. The van der Waals surface area contributed by atoms with E-state index >= 15 is 0 Å². The molecule has 1 aliphatic heterocycles. The van der Waals surface area contributed by atoms with Gasteiger partial charge in [0.2, 0.25) is 0 Å². The van der Waals surface area contributed by atoms with Gasteiger partial charge in [-0.05, 0) is 54.8 Å². The van der Waals surface area contributed by atoms with Crippen LogP contribution in [0.25, 0.3) is 0 Å². The first-order valence-corrected chi connectivity index (χ1v) is 8.65. The predicted octanol–water partition coefficient (Wildman–Crippen LogP) is 3.55. The Bertz CT molecular complexity index is 576. The fourth-order valence-corrected chi connectivity index (χ4v) is 4.56. The molecule has 0 bridgehead atoms. The van der Waals surface area contributed by atoms with Gasteiger partial charge in [-0.25, -0.2) is 0 Å². The summed E-state index contributed by atoms with van der Waals surface area (Å²) in [5.74, 6) is 0. The van der Waals surface area contributed by atoms with E-state index < -0.39 is 0 Å². The normalized spacial score (nSPS) is 18.8. The maximum absolute atomic E-state index is 6.35. The molecule has 1 aromatic heterocycles. The average Bonchev–Trinajstić information content (AvgIpc) is 2.76. The van der Waals surface area contributed by atoms with Crippen molar-refractivity contribution in [1.82, 2.24) is 4.90 Å². The second-order valence-corrected chi connectivity index (χ2v) is 7.02. The van der Waals surface area contributed by atoms with Crippen LogP contribution in [0, 0.1) is 6.92 Å². The lowest BCUT2D eigenvalue weighted by Gasteiger charge is -2.33. The van der Waals surface area contributed by atoms with Crippen LogP contribution in [0.15, 0.2) is 35.7 Å². The summed E-state index contributed by atoms with van der Waals surface area (Å²) >= 11 is 1.85. The van der Waals surface area contributed by atoms with E-state index in [1.807, 2.05) is 11.3 Å². The Morgan fingerprint density at radius 3 is 2.19 bits per heavy atom. The Morgan fingerprint density at radius 2 is 1.71 bits per heavy atom. The van der Waals surface area contributed by atoms with Crippen molar-refractivity contribution < 1.29 is 0 Å². The van der Waals surface area contributed by atoms with E-state index in [0.29, 0.717) is 6.04 Å². The van der Waals surface area contributed by atoms with Crippen molar-refractivity contribution in [3.8, 4) is 0 Å². The van der Waals surface area contributed by atoms with Crippen molar-refractivity contribution in [1.29, 1.82) is 0 Å². The highest BCUT2D eigenvalue weighted by Crippen LogP contribution is 2.32. The Balaban J connectivity index is 1.84.